The van der Waals surface area contributed by atoms with E-state index in [0.717, 1.165) is 6.54 Å². The lowest BCUT2D eigenvalue weighted by Crippen LogP contribution is -3.06. The minimum absolute atomic E-state index is 0.412. The van der Waals surface area contributed by atoms with E-state index >= 15 is 0 Å². The standard InChI is InChI=1S/C15H18N2O4/c1-17(2)7-8-21-14-11(5-4-6-13(14)20-3)9-12(10-16)15(18)19/h4-6,9H,7-8H2,1-3H3,(H,18,19)/b12-9+. The van der Waals surface area contributed by atoms with Gasteiger partial charge in [-0.25, -0.2) is 0 Å². The number of para-hydroxylation sites is 1. The lowest BCUT2D eigenvalue weighted by molar-refractivity contribution is -0.858. The van der Waals surface area contributed by atoms with E-state index in [4.69, 9.17) is 14.7 Å². The SMILES string of the molecule is COc1cccc(/C=C(\C#N)C(=O)[O-])c1OCC[NH+](C)C. The van der Waals surface area contributed by atoms with Crippen LogP contribution in [0, 0.1) is 11.3 Å². The van der Waals surface area contributed by atoms with Crippen molar-refractivity contribution in [3.05, 3.63) is 29.3 Å². The third kappa shape index (κ3) is 4.82. The van der Waals surface area contributed by atoms with Crippen LogP contribution in [0.5, 0.6) is 11.5 Å². The number of nitrogens with one attached hydrogen (secondary N) is 1. The van der Waals surface area contributed by atoms with Gasteiger partial charge in [-0.2, -0.15) is 5.26 Å². The summed E-state index contributed by atoms with van der Waals surface area (Å²) in [5, 5.41) is 19.6. The zero-order chi connectivity index (χ0) is 15.8. The van der Waals surface area contributed by atoms with Crippen LogP contribution < -0.4 is 19.5 Å². The number of hydrogen-bond acceptors (Lipinski definition) is 5. The van der Waals surface area contributed by atoms with E-state index in [9.17, 15) is 9.90 Å². The number of rotatable bonds is 7. The average molecular weight is 290 g/mol. The van der Waals surface area contributed by atoms with Gasteiger partial charge in [-0.15, -0.1) is 0 Å². The van der Waals surface area contributed by atoms with Gasteiger partial charge in [-0.1, -0.05) is 12.1 Å². The van der Waals surface area contributed by atoms with Gasteiger partial charge in [-0.05, 0) is 12.1 Å². The van der Waals surface area contributed by atoms with Crippen LogP contribution in [0.3, 0.4) is 0 Å². The molecule has 0 bridgehead atoms. The zero-order valence-corrected chi connectivity index (χ0v) is 12.3. The van der Waals surface area contributed by atoms with E-state index in [-0.39, 0.29) is 0 Å². The Morgan fingerprint density at radius 3 is 2.71 bits per heavy atom. The maximum absolute atomic E-state index is 10.8. The molecular weight excluding hydrogens is 272 g/mol. The third-order valence-electron chi connectivity index (χ3n) is 2.72. The largest absolute Gasteiger partial charge is 0.544 e. The van der Waals surface area contributed by atoms with Gasteiger partial charge in [0.15, 0.2) is 11.5 Å². The van der Waals surface area contributed by atoms with Gasteiger partial charge in [0, 0.05) is 5.56 Å². The fraction of sp³-hybridized carbons (Fsp3) is 0.333. The van der Waals surface area contributed by atoms with Crippen molar-refractivity contribution in [3.8, 4) is 17.6 Å². The average Bonchev–Trinajstić information content (AvgIpc) is 2.44. The first-order valence-electron chi connectivity index (χ1n) is 6.41. The summed E-state index contributed by atoms with van der Waals surface area (Å²) in [5.41, 5.74) is -0.00445. The Morgan fingerprint density at radius 2 is 2.19 bits per heavy atom. The third-order valence-corrected chi connectivity index (χ3v) is 2.72. The molecule has 0 heterocycles. The van der Waals surface area contributed by atoms with E-state index in [1.807, 2.05) is 14.1 Å². The molecule has 0 saturated carbocycles. The maximum atomic E-state index is 10.8. The minimum atomic E-state index is -1.52. The van der Waals surface area contributed by atoms with Crippen LogP contribution in [0.1, 0.15) is 5.56 Å². The molecule has 112 valence electrons. The molecule has 1 aromatic carbocycles. The summed E-state index contributed by atoms with van der Waals surface area (Å²) in [6.07, 6.45) is 1.22. The zero-order valence-electron chi connectivity index (χ0n) is 12.3. The number of benzene rings is 1. The number of nitriles is 1. The summed E-state index contributed by atoms with van der Waals surface area (Å²) in [6, 6.07) is 6.64. The molecule has 0 atom stereocenters. The highest BCUT2D eigenvalue weighted by Gasteiger charge is 2.11. The first-order chi connectivity index (χ1) is 9.99. The van der Waals surface area contributed by atoms with Crippen LogP contribution in [0.2, 0.25) is 0 Å². The van der Waals surface area contributed by atoms with Crippen LogP contribution in [0.15, 0.2) is 23.8 Å². The molecule has 0 aliphatic heterocycles. The summed E-state index contributed by atoms with van der Waals surface area (Å²) in [6.45, 7) is 1.21. The van der Waals surface area contributed by atoms with Crippen LogP contribution >= 0.6 is 0 Å². The van der Waals surface area contributed by atoms with Crippen LogP contribution in [0.25, 0.3) is 6.08 Å². The van der Waals surface area contributed by atoms with Crippen molar-refractivity contribution in [2.24, 2.45) is 0 Å². The van der Waals surface area contributed by atoms with Gasteiger partial charge in [0.2, 0.25) is 0 Å². The molecule has 0 aromatic heterocycles. The Bertz CT molecular complexity index is 574. The summed E-state index contributed by atoms with van der Waals surface area (Å²) in [7, 11) is 5.49. The van der Waals surface area contributed by atoms with Crippen molar-refractivity contribution in [1.82, 2.24) is 0 Å². The molecule has 6 nitrogen and oxygen atoms in total. The molecule has 0 aliphatic carbocycles. The molecule has 0 radical (unpaired) electrons. The smallest absolute Gasteiger partial charge is 0.168 e. The Balaban J connectivity index is 3.14. The van der Waals surface area contributed by atoms with Crippen molar-refractivity contribution >= 4 is 12.0 Å². The van der Waals surface area contributed by atoms with Crippen molar-refractivity contribution in [2.45, 2.75) is 0 Å². The highest BCUT2D eigenvalue weighted by molar-refractivity contribution is 5.95. The van der Waals surface area contributed by atoms with Gasteiger partial charge in [0.05, 0.1) is 32.7 Å². The van der Waals surface area contributed by atoms with E-state index in [1.165, 1.54) is 18.1 Å². The number of carboxylic acids is 1. The second-order valence-corrected chi connectivity index (χ2v) is 4.64. The number of carbonyl (C=O) groups is 1. The Morgan fingerprint density at radius 1 is 1.48 bits per heavy atom. The number of quaternary nitrogens is 1. The molecule has 21 heavy (non-hydrogen) atoms. The molecule has 1 rings (SSSR count). The van der Waals surface area contributed by atoms with Crippen molar-refractivity contribution in [1.29, 1.82) is 5.26 Å². The molecule has 0 unspecified atom stereocenters. The number of nitrogens with zero attached hydrogens (tertiary/aromatic N) is 1. The van der Waals surface area contributed by atoms with Gasteiger partial charge in [0.25, 0.3) is 0 Å². The van der Waals surface area contributed by atoms with E-state index in [2.05, 4.69) is 0 Å². The molecule has 0 aliphatic rings. The predicted octanol–water partition coefficient (Wildman–Crippen LogP) is -1.12. The maximum Gasteiger partial charge on any atom is 0.168 e. The number of methoxy groups -OCH3 is 1. The number of ether oxygens (including phenoxy) is 2. The molecule has 0 amide bonds. The highest BCUT2D eigenvalue weighted by atomic mass is 16.5. The lowest BCUT2D eigenvalue weighted by Gasteiger charge is -2.14. The van der Waals surface area contributed by atoms with Crippen LogP contribution in [-0.4, -0.2) is 40.3 Å². The highest BCUT2D eigenvalue weighted by Crippen LogP contribution is 2.32. The molecule has 1 aromatic rings. The molecule has 6 heteroatoms. The molecule has 0 saturated heterocycles. The van der Waals surface area contributed by atoms with Crippen molar-refractivity contribution < 1.29 is 24.3 Å². The quantitative estimate of drug-likeness (QED) is 0.507. The molecule has 0 fully saturated rings. The summed E-state index contributed by atoms with van der Waals surface area (Å²) in [5.74, 6) is -0.632. The van der Waals surface area contributed by atoms with Gasteiger partial charge in [-0.3, -0.25) is 0 Å². The fourth-order valence-electron chi connectivity index (χ4n) is 1.61. The first kappa shape index (κ1) is 16.5. The second-order valence-electron chi connectivity index (χ2n) is 4.64. The van der Waals surface area contributed by atoms with Gasteiger partial charge < -0.3 is 24.3 Å². The number of carbonyl (C=O) groups excluding carboxylic acids is 1. The monoisotopic (exact) mass is 290 g/mol. The van der Waals surface area contributed by atoms with E-state index in [1.54, 1.807) is 24.3 Å². The number of carboxylic acid groups (broad SMARTS) is 1. The van der Waals surface area contributed by atoms with Gasteiger partial charge >= 0.3 is 0 Å². The number of likely N-dealkylation sites (N-methyl/N-ethyl adjacent to an activating group) is 1. The first-order valence-corrected chi connectivity index (χ1v) is 6.41. The number of aliphatic carboxylic acids is 1. The topological polar surface area (TPSA) is 86.8 Å². The van der Waals surface area contributed by atoms with Crippen molar-refractivity contribution in [2.75, 3.05) is 34.4 Å². The van der Waals surface area contributed by atoms with Crippen molar-refractivity contribution in [3.63, 3.8) is 0 Å². The van der Waals surface area contributed by atoms with Gasteiger partial charge in [0.1, 0.15) is 19.2 Å². The molecular formula is C15H18N2O4. The number of hydrogen-bond donors (Lipinski definition) is 1. The minimum Gasteiger partial charge on any atom is -0.544 e. The Kier molecular flexibility index (Phi) is 6.24. The van der Waals surface area contributed by atoms with Crippen LogP contribution in [0.4, 0.5) is 0 Å². The lowest BCUT2D eigenvalue weighted by atomic mass is 10.1. The van der Waals surface area contributed by atoms with E-state index < -0.39 is 11.5 Å². The fourth-order valence-corrected chi connectivity index (χ4v) is 1.61. The van der Waals surface area contributed by atoms with Crippen LogP contribution in [-0.2, 0) is 4.79 Å². The summed E-state index contributed by atoms with van der Waals surface area (Å²) in [4.78, 5) is 12.0. The molecule has 1 N–H and O–H groups in total. The Labute approximate surface area is 123 Å². The summed E-state index contributed by atoms with van der Waals surface area (Å²) >= 11 is 0. The molecule has 0 spiro atoms. The summed E-state index contributed by atoms with van der Waals surface area (Å²) < 4.78 is 10.9. The second kappa shape index (κ2) is 7.92. The van der Waals surface area contributed by atoms with E-state index in [0.29, 0.717) is 23.7 Å². The predicted molar refractivity (Wildman–Crippen MR) is 74.8 cm³/mol. The Hall–Kier alpha value is -2.52. The normalized spacial score (nSPS) is 11.1.